The summed E-state index contributed by atoms with van der Waals surface area (Å²) in [7, 11) is 5.33. The highest BCUT2D eigenvalue weighted by Gasteiger charge is 2.49. The summed E-state index contributed by atoms with van der Waals surface area (Å²) >= 11 is 0. The van der Waals surface area contributed by atoms with Crippen LogP contribution in [0.15, 0.2) is 24.3 Å². The van der Waals surface area contributed by atoms with Crippen LogP contribution >= 0.6 is 0 Å². The van der Waals surface area contributed by atoms with Gasteiger partial charge in [-0.05, 0) is 30.5 Å². The maximum absolute atomic E-state index is 12.8. The first-order valence-electron chi connectivity index (χ1n) is 9.47. The number of benzene rings is 1. The summed E-state index contributed by atoms with van der Waals surface area (Å²) in [6.45, 7) is 7.43. The minimum absolute atomic E-state index is 0.0982. The summed E-state index contributed by atoms with van der Waals surface area (Å²) in [4.78, 5) is 19.0. The summed E-state index contributed by atoms with van der Waals surface area (Å²) < 4.78 is 10.8. The number of urea groups is 1. The Morgan fingerprint density at radius 3 is 2.54 bits per heavy atom. The fourth-order valence-corrected chi connectivity index (χ4v) is 4.34. The number of rotatable bonds is 6. The largest absolute Gasteiger partial charge is 0.497 e. The molecule has 0 spiro atoms. The zero-order valence-corrected chi connectivity index (χ0v) is 16.4. The number of carbonyl (C=O) groups is 1. The number of amides is 2. The van der Waals surface area contributed by atoms with Gasteiger partial charge in [-0.3, -0.25) is 0 Å². The van der Waals surface area contributed by atoms with Crippen LogP contribution in [0.3, 0.4) is 0 Å². The molecular formula is C20H31N3O3. The van der Waals surface area contributed by atoms with Gasteiger partial charge < -0.3 is 24.2 Å². The predicted molar refractivity (Wildman–Crippen MR) is 101 cm³/mol. The highest BCUT2D eigenvalue weighted by molar-refractivity contribution is 5.75. The van der Waals surface area contributed by atoms with Crippen LogP contribution in [0, 0.1) is 11.8 Å². The molecule has 0 aromatic heterocycles. The Balaban J connectivity index is 1.79. The third kappa shape index (κ3) is 3.81. The van der Waals surface area contributed by atoms with Crippen LogP contribution in [0.4, 0.5) is 4.79 Å². The Morgan fingerprint density at radius 2 is 1.92 bits per heavy atom. The van der Waals surface area contributed by atoms with Gasteiger partial charge in [-0.2, -0.15) is 0 Å². The first kappa shape index (κ1) is 19.0. The molecule has 0 saturated carbocycles. The van der Waals surface area contributed by atoms with Gasteiger partial charge in [0.15, 0.2) is 0 Å². The molecule has 2 aliphatic rings. The molecule has 2 heterocycles. The number of hydrogen-bond acceptors (Lipinski definition) is 4. The maximum atomic E-state index is 12.8. The van der Waals surface area contributed by atoms with Gasteiger partial charge in [-0.1, -0.05) is 12.1 Å². The summed E-state index contributed by atoms with van der Waals surface area (Å²) in [5.74, 6) is 1.83. The molecule has 0 bridgehead atoms. The molecule has 144 valence electrons. The van der Waals surface area contributed by atoms with Crippen LogP contribution in [-0.2, 0) is 4.74 Å². The Labute approximate surface area is 156 Å². The zero-order valence-electron chi connectivity index (χ0n) is 16.4. The molecule has 26 heavy (non-hydrogen) atoms. The molecule has 3 atom stereocenters. The van der Waals surface area contributed by atoms with E-state index in [0.717, 1.165) is 45.1 Å². The Kier molecular flexibility index (Phi) is 6.04. The molecular weight excluding hydrogens is 330 g/mol. The van der Waals surface area contributed by atoms with Crippen molar-refractivity contribution in [3.63, 3.8) is 0 Å². The molecule has 6 heteroatoms. The molecule has 2 fully saturated rings. The molecule has 0 unspecified atom stereocenters. The van der Waals surface area contributed by atoms with Crippen LogP contribution in [0.5, 0.6) is 5.75 Å². The van der Waals surface area contributed by atoms with E-state index < -0.39 is 0 Å². The molecule has 1 aromatic rings. The SMILES string of the molecule is CCOCCN1C[C@@H]2CN(C(=O)N(C)C)[C@@H](c3ccc(OC)cc3)[C@@H]2C1. The summed E-state index contributed by atoms with van der Waals surface area (Å²) in [5, 5.41) is 0. The van der Waals surface area contributed by atoms with Crippen LogP contribution in [0.1, 0.15) is 18.5 Å². The van der Waals surface area contributed by atoms with E-state index in [1.807, 2.05) is 33.2 Å². The lowest BCUT2D eigenvalue weighted by Crippen LogP contribution is -2.41. The third-order valence-electron chi connectivity index (χ3n) is 5.58. The number of nitrogens with zero attached hydrogens (tertiary/aromatic N) is 3. The van der Waals surface area contributed by atoms with Crippen molar-refractivity contribution in [1.29, 1.82) is 0 Å². The van der Waals surface area contributed by atoms with Gasteiger partial charge in [0.05, 0.1) is 19.8 Å². The van der Waals surface area contributed by atoms with Gasteiger partial charge >= 0.3 is 6.03 Å². The van der Waals surface area contributed by atoms with Gasteiger partial charge in [0, 0.05) is 52.8 Å². The fraction of sp³-hybridized carbons (Fsp3) is 0.650. The van der Waals surface area contributed by atoms with Crippen molar-refractivity contribution in [2.24, 2.45) is 11.8 Å². The minimum Gasteiger partial charge on any atom is -0.497 e. The lowest BCUT2D eigenvalue weighted by molar-refractivity contribution is 0.113. The van der Waals surface area contributed by atoms with E-state index in [1.54, 1.807) is 12.0 Å². The van der Waals surface area contributed by atoms with Gasteiger partial charge in [-0.25, -0.2) is 4.79 Å². The predicted octanol–water partition coefficient (Wildman–Crippen LogP) is 2.32. The van der Waals surface area contributed by atoms with Crippen LogP contribution in [0.25, 0.3) is 0 Å². The monoisotopic (exact) mass is 361 g/mol. The average Bonchev–Trinajstić information content (AvgIpc) is 3.18. The second-order valence-corrected chi connectivity index (χ2v) is 7.43. The number of carbonyl (C=O) groups excluding carboxylic acids is 1. The molecule has 0 radical (unpaired) electrons. The van der Waals surface area contributed by atoms with Gasteiger partial charge in [0.2, 0.25) is 0 Å². The quantitative estimate of drug-likeness (QED) is 0.730. The smallest absolute Gasteiger partial charge is 0.320 e. The second-order valence-electron chi connectivity index (χ2n) is 7.43. The van der Waals surface area contributed by atoms with Gasteiger partial charge in [0.1, 0.15) is 5.75 Å². The number of fused-ring (bicyclic) bond motifs is 1. The van der Waals surface area contributed by atoms with Crippen molar-refractivity contribution in [1.82, 2.24) is 14.7 Å². The standard InChI is InChI=1S/C20H31N3O3/c1-5-26-11-10-22-12-16-13-23(20(24)21(2)3)19(18(16)14-22)15-6-8-17(25-4)9-7-15/h6-9,16,18-19H,5,10-14H2,1-4H3/t16-,18-,19+/m1/s1. The molecule has 2 aliphatic heterocycles. The summed E-state index contributed by atoms with van der Waals surface area (Å²) in [5.41, 5.74) is 1.19. The van der Waals surface area contributed by atoms with E-state index in [1.165, 1.54) is 5.56 Å². The molecule has 0 N–H and O–H groups in total. The molecule has 0 aliphatic carbocycles. The second kappa shape index (κ2) is 8.27. The molecule has 3 rings (SSSR count). The van der Waals surface area contributed by atoms with Crippen LogP contribution < -0.4 is 4.74 Å². The first-order chi connectivity index (χ1) is 12.5. The van der Waals surface area contributed by atoms with E-state index in [0.29, 0.717) is 11.8 Å². The van der Waals surface area contributed by atoms with Crippen molar-refractivity contribution >= 4 is 6.03 Å². The molecule has 6 nitrogen and oxygen atoms in total. The summed E-state index contributed by atoms with van der Waals surface area (Å²) in [6, 6.07) is 8.40. The van der Waals surface area contributed by atoms with E-state index in [-0.39, 0.29) is 12.1 Å². The van der Waals surface area contributed by atoms with Crippen molar-refractivity contribution in [3.05, 3.63) is 29.8 Å². The number of hydrogen-bond donors (Lipinski definition) is 0. The number of likely N-dealkylation sites (tertiary alicyclic amines) is 2. The number of methoxy groups -OCH3 is 1. The van der Waals surface area contributed by atoms with E-state index in [2.05, 4.69) is 21.9 Å². The van der Waals surface area contributed by atoms with E-state index in [4.69, 9.17) is 9.47 Å². The van der Waals surface area contributed by atoms with Gasteiger partial charge in [-0.15, -0.1) is 0 Å². The van der Waals surface area contributed by atoms with E-state index in [9.17, 15) is 4.79 Å². The Morgan fingerprint density at radius 1 is 1.19 bits per heavy atom. The third-order valence-corrected chi connectivity index (χ3v) is 5.58. The molecule has 2 saturated heterocycles. The Bertz CT molecular complexity index is 605. The highest BCUT2D eigenvalue weighted by Crippen LogP contribution is 2.45. The minimum atomic E-state index is 0.0982. The maximum Gasteiger partial charge on any atom is 0.320 e. The van der Waals surface area contributed by atoms with Crippen LogP contribution in [-0.4, -0.2) is 81.3 Å². The van der Waals surface area contributed by atoms with Crippen molar-refractivity contribution in [3.8, 4) is 5.75 Å². The Hall–Kier alpha value is -1.79. The molecule has 2 amide bonds. The number of ether oxygens (including phenoxy) is 2. The summed E-state index contributed by atoms with van der Waals surface area (Å²) in [6.07, 6.45) is 0. The van der Waals surface area contributed by atoms with Crippen LogP contribution in [0.2, 0.25) is 0 Å². The first-order valence-corrected chi connectivity index (χ1v) is 9.47. The topological polar surface area (TPSA) is 45.2 Å². The lowest BCUT2D eigenvalue weighted by Gasteiger charge is -2.32. The zero-order chi connectivity index (χ0) is 18.7. The molecule has 1 aromatic carbocycles. The average molecular weight is 361 g/mol. The normalized spacial score (nSPS) is 25.4. The van der Waals surface area contributed by atoms with Crippen molar-refractivity contribution < 1.29 is 14.3 Å². The fourth-order valence-electron chi connectivity index (χ4n) is 4.34. The van der Waals surface area contributed by atoms with E-state index >= 15 is 0 Å². The van der Waals surface area contributed by atoms with Crippen molar-refractivity contribution in [2.45, 2.75) is 13.0 Å². The van der Waals surface area contributed by atoms with Crippen molar-refractivity contribution in [2.75, 3.05) is 60.6 Å². The highest BCUT2D eigenvalue weighted by atomic mass is 16.5. The lowest BCUT2D eigenvalue weighted by atomic mass is 9.89. The van der Waals surface area contributed by atoms with Gasteiger partial charge in [0.25, 0.3) is 0 Å².